The van der Waals surface area contributed by atoms with Crippen molar-refractivity contribution in [3.8, 4) is 0 Å². The molecule has 2 N–H and O–H groups in total. The minimum atomic E-state index is -1.04. The van der Waals surface area contributed by atoms with E-state index in [4.69, 9.17) is 16.7 Å². The third kappa shape index (κ3) is 4.06. The lowest BCUT2D eigenvalue weighted by atomic mass is 10.2. The first-order valence-electron chi connectivity index (χ1n) is 7.65. The first kappa shape index (κ1) is 17.6. The first-order chi connectivity index (χ1) is 12.4. The van der Waals surface area contributed by atoms with Crippen molar-refractivity contribution in [3.63, 3.8) is 0 Å². The van der Waals surface area contributed by atoms with E-state index in [1.54, 1.807) is 16.8 Å². The van der Waals surface area contributed by atoms with Crippen LogP contribution < -0.4 is 5.32 Å². The van der Waals surface area contributed by atoms with Crippen LogP contribution in [0.3, 0.4) is 0 Å². The second-order valence-corrected chi connectivity index (χ2v) is 5.98. The van der Waals surface area contributed by atoms with Gasteiger partial charge in [0.15, 0.2) is 5.69 Å². The molecule has 26 heavy (non-hydrogen) atoms. The van der Waals surface area contributed by atoms with Gasteiger partial charge in [0.25, 0.3) is 5.91 Å². The number of benzene rings is 1. The number of nitrogens with zero attached hydrogens (tertiary/aromatic N) is 5. The summed E-state index contributed by atoms with van der Waals surface area (Å²) in [5.74, 6) is -1.43. The first-order valence-corrected chi connectivity index (χ1v) is 8.03. The van der Waals surface area contributed by atoms with E-state index in [2.05, 4.69) is 20.5 Å². The zero-order valence-corrected chi connectivity index (χ0v) is 14.5. The molecule has 9 nitrogen and oxygen atoms in total. The van der Waals surface area contributed by atoms with Gasteiger partial charge in [-0.1, -0.05) is 23.7 Å². The van der Waals surface area contributed by atoms with Crippen molar-refractivity contribution in [3.05, 3.63) is 59.1 Å². The lowest BCUT2D eigenvalue weighted by Crippen LogP contribution is -2.18. The Morgan fingerprint density at radius 1 is 1.23 bits per heavy atom. The largest absolute Gasteiger partial charge is 0.480 e. The highest BCUT2D eigenvalue weighted by Crippen LogP contribution is 2.11. The molecule has 2 heterocycles. The molecule has 0 radical (unpaired) electrons. The summed E-state index contributed by atoms with van der Waals surface area (Å²) in [5.41, 5.74) is 1.06. The Labute approximate surface area is 153 Å². The maximum absolute atomic E-state index is 12.2. The van der Waals surface area contributed by atoms with E-state index >= 15 is 0 Å². The molecule has 3 aromatic rings. The Morgan fingerprint density at radius 3 is 2.65 bits per heavy atom. The summed E-state index contributed by atoms with van der Waals surface area (Å²) >= 11 is 5.85. The fourth-order valence-electron chi connectivity index (χ4n) is 2.16. The summed E-state index contributed by atoms with van der Waals surface area (Å²) in [4.78, 5) is 27.2. The third-order valence-corrected chi connectivity index (χ3v) is 3.87. The van der Waals surface area contributed by atoms with Gasteiger partial charge >= 0.3 is 5.97 Å². The number of carbonyl (C=O) groups is 2. The Morgan fingerprint density at radius 2 is 1.96 bits per heavy atom. The summed E-state index contributed by atoms with van der Waals surface area (Å²) in [6.07, 6.45) is 2.93. The van der Waals surface area contributed by atoms with Crippen molar-refractivity contribution in [2.24, 2.45) is 0 Å². The number of carboxylic acids is 1. The lowest BCUT2D eigenvalue weighted by Gasteiger charge is -2.05. The number of aliphatic carboxylic acids is 1. The van der Waals surface area contributed by atoms with Gasteiger partial charge < -0.3 is 5.11 Å². The highest BCUT2D eigenvalue weighted by molar-refractivity contribution is 6.30. The number of nitrogens with one attached hydrogen (secondary N) is 1. The average Bonchev–Trinajstić information content (AvgIpc) is 3.26. The van der Waals surface area contributed by atoms with Gasteiger partial charge in [-0.15, -0.1) is 5.10 Å². The number of amides is 1. The number of halogens is 1. The second kappa shape index (κ2) is 7.36. The van der Waals surface area contributed by atoms with Crippen molar-refractivity contribution in [1.29, 1.82) is 0 Å². The molecule has 3 rings (SSSR count). The van der Waals surface area contributed by atoms with Gasteiger partial charge in [0.05, 0.1) is 6.54 Å². The Hall–Kier alpha value is -3.20. The van der Waals surface area contributed by atoms with Crippen LogP contribution in [0.2, 0.25) is 5.02 Å². The maximum Gasteiger partial charge on any atom is 0.328 e. The third-order valence-electron chi connectivity index (χ3n) is 3.61. The number of aromatic nitrogens is 5. The monoisotopic (exact) mass is 374 g/mol. The van der Waals surface area contributed by atoms with E-state index in [0.29, 0.717) is 11.6 Å². The van der Waals surface area contributed by atoms with Gasteiger partial charge in [-0.25, -0.2) is 14.5 Å². The summed E-state index contributed by atoms with van der Waals surface area (Å²) in [6, 6.07) is 7.88. The molecule has 0 fully saturated rings. The van der Waals surface area contributed by atoms with Crippen molar-refractivity contribution in [2.75, 3.05) is 5.32 Å². The molecule has 1 aromatic carbocycles. The molecule has 1 atom stereocenters. The molecule has 0 aliphatic heterocycles. The van der Waals surface area contributed by atoms with Crippen molar-refractivity contribution < 1.29 is 14.7 Å². The van der Waals surface area contributed by atoms with Gasteiger partial charge in [-0.3, -0.25) is 14.8 Å². The molecule has 1 amide bonds. The molecule has 0 bridgehead atoms. The van der Waals surface area contributed by atoms with Gasteiger partial charge in [0.1, 0.15) is 12.4 Å². The van der Waals surface area contributed by atoms with E-state index in [1.165, 1.54) is 30.2 Å². The molecule has 1 unspecified atom stereocenters. The van der Waals surface area contributed by atoms with Gasteiger partial charge in [0, 0.05) is 11.2 Å². The Kier molecular flexibility index (Phi) is 4.99. The van der Waals surface area contributed by atoms with E-state index in [-0.39, 0.29) is 11.6 Å². The van der Waals surface area contributed by atoms with E-state index in [9.17, 15) is 9.59 Å². The number of anilines is 1. The highest BCUT2D eigenvalue weighted by atomic mass is 35.5. The molecule has 2 aromatic heterocycles. The predicted octanol–water partition coefficient (Wildman–Crippen LogP) is 2.07. The smallest absolute Gasteiger partial charge is 0.328 e. The van der Waals surface area contributed by atoms with Crippen LogP contribution in [0.1, 0.15) is 29.0 Å². The predicted molar refractivity (Wildman–Crippen MR) is 93.1 cm³/mol. The topological polar surface area (TPSA) is 115 Å². The highest BCUT2D eigenvalue weighted by Gasteiger charge is 2.17. The van der Waals surface area contributed by atoms with Crippen LogP contribution in [0, 0.1) is 0 Å². The molecule has 0 aliphatic rings. The lowest BCUT2D eigenvalue weighted by molar-refractivity contribution is -0.140. The summed E-state index contributed by atoms with van der Waals surface area (Å²) < 4.78 is 2.77. The molecular weight excluding hydrogens is 360 g/mol. The minimum Gasteiger partial charge on any atom is -0.480 e. The van der Waals surface area contributed by atoms with Crippen molar-refractivity contribution in [2.45, 2.75) is 19.5 Å². The summed E-state index contributed by atoms with van der Waals surface area (Å²) in [7, 11) is 0. The fraction of sp³-hybridized carbons (Fsp3) is 0.188. The SMILES string of the molecule is CC(C(=O)O)n1ccc(C(=O)Nc2ncn(Cc3ccc(Cl)cc3)n2)n1. The normalized spacial score (nSPS) is 11.9. The minimum absolute atomic E-state index is 0.0761. The van der Waals surface area contributed by atoms with E-state index in [0.717, 1.165) is 5.56 Å². The summed E-state index contributed by atoms with van der Waals surface area (Å²) in [6.45, 7) is 1.95. The standard InChI is InChI=1S/C16H15ClN6O3/c1-10(15(25)26)23-7-6-13(20-23)14(24)19-16-18-9-22(21-16)8-11-2-4-12(17)5-3-11/h2-7,9-10H,8H2,1H3,(H,25,26)(H,19,21,24). The number of rotatable bonds is 6. The Bertz CT molecular complexity index is 934. The van der Waals surface area contributed by atoms with Crippen LogP contribution in [0.5, 0.6) is 0 Å². The molecule has 0 saturated carbocycles. The van der Waals surface area contributed by atoms with E-state index < -0.39 is 17.9 Å². The van der Waals surface area contributed by atoms with Crippen LogP contribution in [0.25, 0.3) is 0 Å². The van der Waals surface area contributed by atoms with Crippen LogP contribution in [-0.4, -0.2) is 41.5 Å². The van der Waals surface area contributed by atoms with Crippen molar-refractivity contribution in [1.82, 2.24) is 24.5 Å². The molecule has 134 valence electrons. The van der Waals surface area contributed by atoms with Crippen LogP contribution in [0.15, 0.2) is 42.9 Å². The van der Waals surface area contributed by atoms with Crippen molar-refractivity contribution >= 4 is 29.4 Å². The quantitative estimate of drug-likeness (QED) is 0.682. The van der Waals surface area contributed by atoms with Crippen LogP contribution >= 0.6 is 11.6 Å². The molecule has 10 heteroatoms. The fourth-order valence-corrected chi connectivity index (χ4v) is 2.28. The number of carboxylic acid groups (broad SMARTS) is 1. The molecular formula is C16H15ClN6O3. The second-order valence-electron chi connectivity index (χ2n) is 5.54. The number of hydrogen-bond donors (Lipinski definition) is 2. The van der Waals surface area contributed by atoms with Gasteiger partial charge in [-0.2, -0.15) is 5.10 Å². The summed E-state index contributed by atoms with van der Waals surface area (Å²) in [5, 5.41) is 20.3. The number of hydrogen-bond acceptors (Lipinski definition) is 5. The molecule has 0 aliphatic carbocycles. The van der Waals surface area contributed by atoms with E-state index in [1.807, 2.05) is 12.1 Å². The zero-order valence-electron chi connectivity index (χ0n) is 13.7. The number of carbonyl (C=O) groups excluding carboxylic acids is 1. The van der Waals surface area contributed by atoms with Gasteiger partial charge in [0.2, 0.25) is 5.95 Å². The average molecular weight is 375 g/mol. The molecule has 0 saturated heterocycles. The maximum atomic E-state index is 12.2. The molecule has 0 spiro atoms. The Balaban J connectivity index is 1.64. The van der Waals surface area contributed by atoms with Gasteiger partial charge in [-0.05, 0) is 30.7 Å². The van der Waals surface area contributed by atoms with Crippen LogP contribution in [-0.2, 0) is 11.3 Å². The zero-order chi connectivity index (χ0) is 18.7. The van der Waals surface area contributed by atoms with Crippen LogP contribution in [0.4, 0.5) is 5.95 Å².